The monoisotopic (exact) mass is 421 g/mol. The number of nitrogens with zero attached hydrogens (tertiary/aromatic N) is 4. The smallest absolute Gasteiger partial charge is 0.257 e. The maximum Gasteiger partial charge on any atom is 0.257 e. The zero-order chi connectivity index (χ0) is 21.2. The maximum atomic E-state index is 13.6. The minimum atomic E-state index is -0.230. The molecule has 8 nitrogen and oxygen atoms in total. The number of likely N-dealkylation sites (tertiary alicyclic amines) is 1. The molecule has 4 heterocycles. The molecule has 0 saturated carbocycles. The average molecular weight is 422 g/mol. The fourth-order valence-electron chi connectivity index (χ4n) is 4.73. The lowest BCUT2D eigenvalue weighted by molar-refractivity contribution is -0.119. The number of hydrogen-bond donors (Lipinski definition) is 1. The van der Waals surface area contributed by atoms with Gasteiger partial charge in [-0.2, -0.15) is 0 Å². The van der Waals surface area contributed by atoms with Gasteiger partial charge in [0, 0.05) is 31.9 Å². The van der Waals surface area contributed by atoms with Crippen LogP contribution >= 0.6 is 0 Å². The Kier molecular flexibility index (Phi) is 5.67. The van der Waals surface area contributed by atoms with Crippen molar-refractivity contribution < 1.29 is 14.3 Å². The number of morpholine rings is 1. The minimum Gasteiger partial charge on any atom is -0.379 e. The number of anilines is 3. The molecule has 3 aliphatic rings. The number of para-hydroxylation sites is 1. The van der Waals surface area contributed by atoms with E-state index in [1.54, 1.807) is 29.3 Å². The van der Waals surface area contributed by atoms with Gasteiger partial charge in [-0.15, -0.1) is 0 Å². The Hall–Kier alpha value is -2.81. The Bertz CT molecular complexity index is 975. The second kappa shape index (κ2) is 8.74. The first kappa shape index (κ1) is 20.1. The summed E-state index contributed by atoms with van der Waals surface area (Å²) in [6.45, 7) is 5.61. The molecule has 1 unspecified atom stereocenters. The molecule has 3 aliphatic heterocycles. The van der Waals surface area contributed by atoms with Gasteiger partial charge in [0.15, 0.2) is 5.82 Å². The largest absolute Gasteiger partial charge is 0.379 e. The molecule has 1 N–H and O–H groups in total. The Labute approximate surface area is 181 Å². The minimum absolute atomic E-state index is 0.0715. The second-order valence-corrected chi connectivity index (χ2v) is 8.25. The van der Waals surface area contributed by atoms with E-state index in [1.807, 2.05) is 18.2 Å². The summed E-state index contributed by atoms with van der Waals surface area (Å²) in [4.78, 5) is 37.2. The number of rotatable bonds is 4. The Morgan fingerprint density at radius 1 is 1.13 bits per heavy atom. The lowest BCUT2D eigenvalue weighted by atomic mass is 10.1. The fourth-order valence-corrected chi connectivity index (χ4v) is 4.73. The van der Waals surface area contributed by atoms with Crippen LogP contribution in [-0.4, -0.2) is 78.6 Å². The normalized spacial score (nSPS) is 21.9. The van der Waals surface area contributed by atoms with Crippen LogP contribution in [0.3, 0.4) is 0 Å². The van der Waals surface area contributed by atoms with Crippen LogP contribution in [-0.2, 0) is 9.53 Å². The van der Waals surface area contributed by atoms with Gasteiger partial charge in [0.1, 0.15) is 0 Å². The third-order valence-corrected chi connectivity index (χ3v) is 6.30. The lowest BCUT2D eigenvalue weighted by Gasteiger charge is -2.33. The van der Waals surface area contributed by atoms with Crippen molar-refractivity contribution in [1.82, 2.24) is 14.8 Å². The van der Waals surface area contributed by atoms with Crippen molar-refractivity contribution in [1.29, 1.82) is 0 Å². The summed E-state index contributed by atoms with van der Waals surface area (Å²) in [5, 5.41) is 2.89. The number of benzene rings is 1. The summed E-state index contributed by atoms with van der Waals surface area (Å²) in [7, 11) is 0. The van der Waals surface area contributed by atoms with Crippen LogP contribution in [0.2, 0.25) is 0 Å². The number of carbonyl (C=O) groups excluding carboxylic acids is 2. The van der Waals surface area contributed by atoms with Gasteiger partial charge in [-0.05, 0) is 43.7 Å². The van der Waals surface area contributed by atoms with Crippen molar-refractivity contribution in [2.75, 3.05) is 56.2 Å². The van der Waals surface area contributed by atoms with E-state index >= 15 is 0 Å². The van der Waals surface area contributed by atoms with Crippen LogP contribution in [0.15, 0.2) is 42.6 Å². The van der Waals surface area contributed by atoms with Gasteiger partial charge in [-0.25, -0.2) is 4.98 Å². The van der Waals surface area contributed by atoms with Crippen LogP contribution in [0.1, 0.15) is 23.2 Å². The van der Waals surface area contributed by atoms with E-state index in [1.165, 1.54) is 0 Å². The summed E-state index contributed by atoms with van der Waals surface area (Å²) < 4.78 is 5.47. The molecule has 0 radical (unpaired) electrons. The van der Waals surface area contributed by atoms with E-state index in [4.69, 9.17) is 4.74 Å². The van der Waals surface area contributed by atoms with Crippen molar-refractivity contribution >= 4 is 29.0 Å². The molecule has 0 spiro atoms. The Morgan fingerprint density at radius 3 is 2.84 bits per heavy atom. The molecule has 2 fully saturated rings. The second-order valence-electron chi connectivity index (χ2n) is 8.25. The predicted octanol–water partition coefficient (Wildman–Crippen LogP) is 2.11. The first-order valence-electron chi connectivity index (χ1n) is 10.9. The number of hydrogen-bond acceptors (Lipinski definition) is 6. The van der Waals surface area contributed by atoms with Gasteiger partial charge in [0.2, 0.25) is 5.91 Å². The molecule has 8 heteroatoms. The molecule has 2 saturated heterocycles. The van der Waals surface area contributed by atoms with Crippen LogP contribution < -0.4 is 10.2 Å². The maximum absolute atomic E-state index is 13.6. The SMILES string of the molecule is O=C1Nc2cccnc2N(C(=O)CN2CCCC2CN2CCOCC2)c2ccccc21. The number of pyridine rings is 1. The zero-order valence-electron chi connectivity index (χ0n) is 17.5. The number of nitrogens with one attached hydrogen (secondary N) is 1. The molecule has 1 atom stereocenters. The van der Waals surface area contributed by atoms with Gasteiger partial charge >= 0.3 is 0 Å². The quantitative estimate of drug-likeness (QED) is 0.815. The van der Waals surface area contributed by atoms with E-state index in [0.717, 1.165) is 52.2 Å². The summed E-state index contributed by atoms with van der Waals surface area (Å²) in [5.41, 5.74) is 1.59. The highest BCUT2D eigenvalue weighted by atomic mass is 16.5. The highest BCUT2D eigenvalue weighted by molar-refractivity contribution is 6.17. The van der Waals surface area contributed by atoms with Gasteiger partial charge in [-0.3, -0.25) is 24.3 Å². The van der Waals surface area contributed by atoms with Crippen molar-refractivity contribution in [3.05, 3.63) is 48.2 Å². The molecule has 0 bridgehead atoms. The first-order valence-corrected chi connectivity index (χ1v) is 10.9. The van der Waals surface area contributed by atoms with Crippen molar-refractivity contribution in [3.8, 4) is 0 Å². The molecular formula is C23H27N5O3. The standard InChI is InChI=1S/C23H27N5O3/c29-21(16-27-10-4-5-17(27)15-26-11-13-31-14-12-26)28-20-8-2-1-6-18(20)23(30)25-19-7-3-9-24-22(19)28/h1-3,6-9,17H,4-5,10-16H2,(H,25,30). The first-order chi connectivity index (χ1) is 15.2. The molecule has 1 aromatic heterocycles. The topological polar surface area (TPSA) is 78.0 Å². The van der Waals surface area contributed by atoms with Crippen LogP contribution in [0.4, 0.5) is 17.2 Å². The van der Waals surface area contributed by atoms with Gasteiger partial charge < -0.3 is 10.1 Å². The fraction of sp³-hybridized carbons (Fsp3) is 0.435. The van der Waals surface area contributed by atoms with Crippen molar-refractivity contribution in [2.24, 2.45) is 0 Å². The number of aromatic nitrogens is 1. The Morgan fingerprint density at radius 2 is 1.97 bits per heavy atom. The molecule has 2 aromatic rings. The number of amides is 2. The van der Waals surface area contributed by atoms with Gasteiger partial charge in [0.05, 0.1) is 36.7 Å². The highest BCUT2D eigenvalue weighted by Gasteiger charge is 2.34. The number of fused-ring (bicyclic) bond motifs is 2. The van der Waals surface area contributed by atoms with E-state index in [9.17, 15) is 9.59 Å². The van der Waals surface area contributed by atoms with Gasteiger partial charge in [-0.1, -0.05) is 12.1 Å². The van der Waals surface area contributed by atoms with E-state index in [-0.39, 0.29) is 11.8 Å². The molecule has 2 amide bonds. The Balaban J connectivity index is 1.41. The van der Waals surface area contributed by atoms with E-state index in [2.05, 4.69) is 20.1 Å². The third kappa shape index (κ3) is 4.06. The molecule has 0 aliphatic carbocycles. The lowest BCUT2D eigenvalue weighted by Crippen LogP contribution is -2.47. The molecule has 1 aromatic carbocycles. The summed E-state index contributed by atoms with van der Waals surface area (Å²) in [6, 6.07) is 11.1. The summed E-state index contributed by atoms with van der Waals surface area (Å²) >= 11 is 0. The van der Waals surface area contributed by atoms with Crippen molar-refractivity contribution in [3.63, 3.8) is 0 Å². The third-order valence-electron chi connectivity index (χ3n) is 6.30. The van der Waals surface area contributed by atoms with Crippen molar-refractivity contribution in [2.45, 2.75) is 18.9 Å². The van der Waals surface area contributed by atoms with E-state index in [0.29, 0.717) is 35.3 Å². The van der Waals surface area contributed by atoms with Crippen LogP contribution in [0, 0.1) is 0 Å². The molecule has 31 heavy (non-hydrogen) atoms. The predicted molar refractivity (Wildman–Crippen MR) is 118 cm³/mol. The molecule has 162 valence electrons. The van der Waals surface area contributed by atoms with E-state index < -0.39 is 0 Å². The van der Waals surface area contributed by atoms with Crippen LogP contribution in [0.25, 0.3) is 0 Å². The molecular weight excluding hydrogens is 394 g/mol. The molecule has 5 rings (SSSR count). The zero-order valence-corrected chi connectivity index (χ0v) is 17.5. The highest BCUT2D eigenvalue weighted by Crippen LogP contribution is 2.36. The van der Waals surface area contributed by atoms with Crippen LogP contribution in [0.5, 0.6) is 0 Å². The summed E-state index contributed by atoms with van der Waals surface area (Å²) in [6.07, 6.45) is 3.83. The number of carbonyl (C=O) groups is 2. The number of ether oxygens (including phenoxy) is 1. The summed E-state index contributed by atoms with van der Waals surface area (Å²) in [5.74, 6) is 0.166. The van der Waals surface area contributed by atoms with Gasteiger partial charge in [0.25, 0.3) is 5.91 Å². The average Bonchev–Trinajstić information content (AvgIpc) is 3.17.